The third-order valence-electron chi connectivity index (χ3n) is 10.3. The van der Waals surface area contributed by atoms with Gasteiger partial charge in [0.2, 0.25) is 0 Å². The summed E-state index contributed by atoms with van der Waals surface area (Å²) in [5.41, 5.74) is 16.5. The Balaban J connectivity index is 0.976. The first-order valence-electron chi connectivity index (χ1n) is 19.1. The van der Waals surface area contributed by atoms with Gasteiger partial charge >= 0.3 is 0 Å². The normalized spacial score (nSPS) is 11.2. The zero-order valence-corrected chi connectivity index (χ0v) is 30.9. The van der Waals surface area contributed by atoms with E-state index in [1.807, 2.05) is 91.0 Å². The monoisotopic (exact) mass is 729 g/mol. The average molecular weight is 730 g/mol. The van der Waals surface area contributed by atoms with Gasteiger partial charge in [-0.05, 0) is 71.8 Å². The molecule has 0 saturated heterocycles. The van der Waals surface area contributed by atoms with Crippen molar-refractivity contribution >= 4 is 39.1 Å². The van der Waals surface area contributed by atoms with Crippen LogP contribution in [0.15, 0.2) is 212 Å². The van der Waals surface area contributed by atoms with Gasteiger partial charge in [-0.25, -0.2) is 19.9 Å². The van der Waals surface area contributed by atoms with Crippen molar-refractivity contribution in [1.82, 2.24) is 19.9 Å². The predicted octanol–water partition coefficient (Wildman–Crippen LogP) is 13.4. The molecular weight excluding hydrogens is 695 g/mol. The molecule has 0 saturated carbocycles. The zero-order valence-electron chi connectivity index (χ0n) is 30.9. The molecule has 0 amide bonds. The van der Waals surface area contributed by atoms with Crippen LogP contribution >= 0.6 is 0 Å². The molecule has 0 atom stereocenters. The SMILES string of the molecule is c1ccc(-c2nc3ccccc3nc2-c2ccc(-c3ccc(N(c4ccccc4)c4ccc(-c5nc6ccccc6nc5-c5ccccc5)cc4)cc3)cc2)cc1. The first kappa shape index (κ1) is 33.8. The molecular formula is C52H35N5. The molecule has 0 N–H and O–H groups in total. The summed E-state index contributed by atoms with van der Waals surface area (Å²) in [4.78, 5) is 22.6. The van der Waals surface area contributed by atoms with E-state index in [0.717, 1.165) is 95.3 Å². The largest absolute Gasteiger partial charge is 0.311 e. The van der Waals surface area contributed by atoms with Gasteiger partial charge in [-0.15, -0.1) is 0 Å². The Morgan fingerprint density at radius 1 is 0.211 bits per heavy atom. The lowest BCUT2D eigenvalue weighted by Gasteiger charge is -2.26. The molecule has 8 aromatic carbocycles. The third-order valence-corrected chi connectivity index (χ3v) is 10.3. The van der Waals surface area contributed by atoms with Crippen LogP contribution in [0.1, 0.15) is 0 Å². The number of rotatable bonds is 8. The third kappa shape index (κ3) is 6.68. The number of anilines is 3. The summed E-state index contributed by atoms with van der Waals surface area (Å²) in [6.45, 7) is 0. The highest BCUT2D eigenvalue weighted by molar-refractivity contribution is 5.89. The lowest BCUT2D eigenvalue weighted by atomic mass is 9.99. The second-order valence-electron chi connectivity index (χ2n) is 13.9. The molecule has 57 heavy (non-hydrogen) atoms. The summed E-state index contributed by atoms with van der Waals surface area (Å²) in [5.74, 6) is 0. The van der Waals surface area contributed by atoms with Gasteiger partial charge in [0.15, 0.2) is 0 Å². The predicted molar refractivity (Wildman–Crippen MR) is 234 cm³/mol. The fourth-order valence-electron chi connectivity index (χ4n) is 7.41. The maximum absolute atomic E-state index is 5.12. The van der Waals surface area contributed by atoms with Crippen LogP contribution in [0.25, 0.3) is 78.2 Å². The summed E-state index contributed by atoms with van der Waals surface area (Å²) >= 11 is 0. The van der Waals surface area contributed by atoms with Crippen molar-refractivity contribution < 1.29 is 0 Å². The molecule has 0 bridgehead atoms. The molecule has 268 valence electrons. The maximum Gasteiger partial charge on any atom is 0.0973 e. The van der Waals surface area contributed by atoms with Crippen LogP contribution in [0.4, 0.5) is 17.1 Å². The van der Waals surface area contributed by atoms with Crippen LogP contribution in [0.3, 0.4) is 0 Å². The first-order valence-corrected chi connectivity index (χ1v) is 19.1. The number of hydrogen-bond acceptors (Lipinski definition) is 5. The number of fused-ring (bicyclic) bond motifs is 2. The van der Waals surface area contributed by atoms with Crippen molar-refractivity contribution in [3.8, 4) is 56.2 Å². The molecule has 10 aromatic rings. The van der Waals surface area contributed by atoms with E-state index in [9.17, 15) is 0 Å². The van der Waals surface area contributed by atoms with Gasteiger partial charge in [0.1, 0.15) is 0 Å². The van der Waals surface area contributed by atoms with Crippen LogP contribution < -0.4 is 4.90 Å². The van der Waals surface area contributed by atoms with Crippen molar-refractivity contribution in [2.24, 2.45) is 0 Å². The van der Waals surface area contributed by atoms with Crippen molar-refractivity contribution in [3.63, 3.8) is 0 Å². The number of para-hydroxylation sites is 5. The van der Waals surface area contributed by atoms with Crippen LogP contribution in [0.5, 0.6) is 0 Å². The molecule has 2 heterocycles. The molecule has 0 aliphatic rings. The lowest BCUT2D eigenvalue weighted by molar-refractivity contribution is 1.27. The first-order chi connectivity index (χ1) is 28.2. The minimum absolute atomic E-state index is 0.858. The van der Waals surface area contributed by atoms with Crippen molar-refractivity contribution in [1.29, 1.82) is 0 Å². The van der Waals surface area contributed by atoms with Gasteiger partial charge in [-0.2, -0.15) is 0 Å². The smallest absolute Gasteiger partial charge is 0.0973 e. The van der Waals surface area contributed by atoms with Crippen LogP contribution in [-0.4, -0.2) is 19.9 Å². The zero-order chi connectivity index (χ0) is 38.0. The van der Waals surface area contributed by atoms with E-state index in [1.165, 1.54) is 0 Å². The molecule has 0 unspecified atom stereocenters. The van der Waals surface area contributed by atoms with Crippen LogP contribution in [0, 0.1) is 0 Å². The van der Waals surface area contributed by atoms with Crippen molar-refractivity contribution in [2.75, 3.05) is 4.90 Å². The van der Waals surface area contributed by atoms with E-state index in [-0.39, 0.29) is 0 Å². The van der Waals surface area contributed by atoms with Gasteiger partial charge in [0.25, 0.3) is 0 Å². The van der Waals surface area contributed by atoms with E-state index in [1.54, 1.807) is 0 Å². The minimum Gasteiger partial charge on any atom is -0.311 e. The van der Waals surface area contributed by atoms with E-state index in [0.29, 0.717) is 0 Å². The Morgan fingerprint density at radius 2 is 0.456 bits per heavy atom. The molecule has 0 aliphatic carbocycles. The van der Waals surface area contributed by atoms with Gasteiger partial charge in [-0.3, -0.25) is 0 Å². The Bertz CT molecular complexity index is 2970. The second-order valence-corrected chi connectivity index (χ2v) is 13.9. The molecule has 0 fully saturated rings. The average Bonchev–Trinajstić information content (AvgIpc) is 3.30. The highest BCUT2D eigenvalue weighted by Crippen LogP contribution is 2.39. The van der Waals surface area contributed by atoms with Gasteiger partial charge in [0.05, 0.1) is 44.8 Å². The number of hydrogen-bond donors (Lipinski definition) is 0. The maximum atomic E-state index is 5.12. The number of aromatic nitrogens is 4. The lowest BCUT2D eigenvalue weighted by Crippen LogP contribution is -2.09. The number of benzene rings is 8. The van der Waals surface area contributed by atoms with E-state index in [2.05, 4.69) is 126 Å². The van der Waals surface area contributed by atoms with Crippen LogP contribution in [-0.2, 0) is 0 Å². The highest BCUT2D eigenvalue weighted by atomic mass is 15.1. The quantitative estimate of drug-likeness (QED) is 0.156. The van der Waals surface area contributed by atoms with Crippen molar-refractivity contribution in [3.05, 3.63) is 212 Å². The molecule has 0 aliphatic heterocycles. The van der Waals surface area contributed by atoms with E-state index >= 15 is 0 Å². The fraction of sp³-hybridized carbons (Fsp3) is 0. The van der Waals surface area contributed by atoms with Crippen molar-refractivity contribution in [2.45, 2.75) is 0 Å². The standard InChI is InChI=1S/C52H35N5/c1-4-14-38(15-5-1)49-51(55-47-22-12-10-20-45(47)53-49)40-26-24-36(25-27-40)37-28-32-43(33-29-37)57(42-18-8-3-9-19-42)44-34-30-41(31-35-44)52-50(39-16-6-2-7-17-39)54-46-21-11-13-23-48(46)56-52/h1-35H. The molecule has 2 aromatic heterocycles. The summed E-state index contributed by atoms with van der Waals surface area (Å²) in [6, 6.07) is 73.2. The summed E-state index contributed by atoms with van der Waals surface area (Å²) in [5, 5.41) is 0. The molecule has 10 rings (SSSR count). The van der Waals surface area contributed by atoms with Gasteiger partial charge in [0, 0.05) is 39.3 Å². The van der Waals surface area contributed by atoms with Gasteiger partial charge < -0.3 is 4.90 Å². The Kier molecular flexibility index (Phi) is 8.78. The second kappa shape index (κ2) is 14.8. The highest BCUT2D eigenvalue weighted by Gasteiger charge is 2.17. The number of nitrogens with zero attached hydrogens (tertiary/aromatic N) is 5. The summed E-state index contributed by atoms with van der Waals surface area (Å²) in [6.07, 6.45) is 0. The minimum atomic E-state index is 0.858. The fourth-order valence-corrected chi connectivity index (χ4v) is 7.41. The summed E-state index contributed by atoms with van der Waals surface area (Å²) in [7, 11) is 0. The molecule has 5 heteroatoms. The Labute approximate surface area is 331 Å². The summed E-state index contributed by atoms with van der Waals surface area (Å²) < 4.78 is 0. The van der Waals surface area contributed by atoms with E-state index < -0.39 is 0 Å². The topological polar surface area (TPSA) is 54.8 Å². The Morgan fingerprint density at radius 3 is 0.825 bits per heavy atom. The van der Waals surface area contributed by atoms with E-state index in [4.69, 9.17) is 19.9 Å². The van der Waals surface area contributed by atoms with Gasteiger partial charge in [-0.1, -0.05) is 152 Å². The Hall–Kier alpha value is -7.76. The molecule has 0 spiro atoms. The molecule has 5 nitrogen and oxygen atoms in total. The molecule has 0 radical (unpaired) electrons. The van der Waals surface area contributed by atoms with Crippen LogP contribution in [0.2, 0.25) is 0 Å².